The summed E-state index contributed by atoms with van der Waals surface area (Å²) in [6, 6.07) is 7.26. The van der Waals surface area contributed by atoms with Gasteiger partial charge in [-0.1, -0.05) is 23.7 Å². The lowest BCUT2D eigenvalue weighted by molar-refractivity contribution is -0.287. The van der Waals surface area contributed by atoms with Crippen molar-refractivity contribution in [2.45, 2.75) is 17.9 Å². The van der Waals surface area contributed by atoms with Gasteiger partial charge < -0.3 is 20.8 Å². The number of alkyl halides is 3. The highest BCUT2D eigenvalue weighted by molar-refractivity contribution is 6.30. The third kappa shape index (κ3) is 3.50. The fourth-order valence-electron chi connectivity index (χ4n) is 3.13. The smallest absolute Gasteiger partial charge is 0.437 e. The Morgan fingerprint density at radius 1 is 1.14 bits per heavy atom. The van der Waals surface area contributed by atoms with Gasteiger partial charge in [-0.3, -0.25) is 4.79 Å². The summed E-state index contributed by atoms with van der Waals surface area (Å²) in [6.07, 6.45) is -5.35. The number of carbonyl (C=O) groups is 2. The molecule has 3 atom stereocenters. The van der Waals surface area contributed by atoms with Crippen molar-refractivity contribution in [1.29, 1.82) is 0 Å². The van der Waals surface area contributed by atoms with Gasteiger partial charge >= 0.3 is 12.2 Å². The van der Waals surface area contributed by atoms with Gasteiger partial charge in [-0.25, -0.2) is 4.79 Å². The van der Waals surface area contributed by atoms with Crippen molar-refractivity contribution in [1.82, 2.24) is 10.6 Å². The van der Waals surface area contributed by atoms with E-state index in [2.05, 4.69) is 5.32 Å². The van der Waals surface area contributed by atoms with Crippen LogP contribution in [0, 0.1) is 5.92 Å². The first-order chi connectivity index (χ1) is 13.0. The van der Waals surface area contributed by atoms with Crippen LogP contribution >= 0.6 is 11.6 Å². The quantitative estimate of drug-likeness (QED) is 0.580. The summed E-state index contributed by atoms with van der Waals surface area (Å²) in [4.78, 5) is 24.9. The number of aliphatic hydroxyl groups is 1. The topological polar surface area (TPSA) is 98.7 Å². The van der Waals surface area contributed by atoms with Crippen LogP contribution in [0.2, 0.25) is 5.02 Å². The van der Waals surface area contributed by atoms with E-state index in [1.807, 2.05) is 0 Å². The normalized spacial score (nSPS) is 25.0. The second kappa shape index (κ2) is 6.99. The van der Waals surface area contributed by atoms with Crippen molar-refractivity contribution >= 4 is 23.4 Å². The number of benzene rings is 2. The number of ketones is 1. The Morgan fingerprint density at radius 3 is 2.36 bits per heavy atom. The molecule has 0 aliphatic carbocycles. The van der Waals surface area contributed by atoms with Crippen LogP contribution in [0.15, 0.2) is 48.5 Å². The van der Waals surface area contributed by atoms with E-state index in [9.17, 15) is 33.0 Å². The SMILES string of the molecule is O=C1N[C@@H](c2cccc(O)c2)[C@@H](C(=O)c2ccc(Cl)cc2)[C@](O)(C(F)(F)F)N1. The number of Topliss-reactive ketones (excluding diaryl/α,β-unsaturated/α-hetero) is 1. The fraction of sp³-hybridized carbons (Fsp3) is 0.222. The molecule has 0 radical (unpaired) electrons. The number of carbonyl (C=O) groups excluding carboxylic acids is 2. The van der Waals surface area contributed by atoms with Gasteiger partial charge in [0, 0.05) is 10.6 Å². The molecule has 0 saturated carbocycles. The Bertz CT molecular complexity index is 920. The molecular weight excluding hydrogens is 401 g/mol. The van der Waals surface area contributed by atoms with Gasteiger partial charge in [0.2, 0.25) is 5.72 Å². The molecule has 2 amide bonds. The van der Waals surface area contributed by atoms with Crippen molar-refractivity contribution < 1.29 is 33.0 Å². The maximum absolute atomic E-state index is 13.7. The highest BCUT2D eigenvalue weighted by Crippen LogP contribution is 2.44. The van der Waals surface area contributed by atoms with E-state index >= 15 is 0 Å². The number of aromatic hydroxyl groups is 1. The highest BCUT2D eigenvalue weighted by atomic mass is 35.5. The van der Waals surface area contributed by atoms with E-state index in [1.165, 1.54) is 47.8 Å². The molecule has 0 aromatic heterocycles. The molecule has 2 aromatic rings. The molecule has 28 heavy (non-hydrogen) atoms. The Kier molecular flexibility index (Phi) is 4.99. The summed E-state index contributed by atoms with van der Waals surface area (Å²) in [6.45, 7) is 0. The summed E-state index contributed by atoms with van der Waals surface area (Å²) in [5.41, 5.74) is -3.95. The standard InChI is InChI=1S/C18H14ClF3N2O4/c19-11-6-4-9(5-7-11)15(26)13-14(10-2-1-3-12(25)8-10)23-16(27)24-17(13,28)18(20,21)22/h1-8,13-14,25,28H,(H2,23,24,27)/t13-,14-,17-/m0/s1. The molecule has 0 unspecified atom stereocenters. The van der Waals surface area contributed by atoms with Gasteiger partial charge in [0.25, 0.3) is 0 Å². The van der Waals surface area contributed by atoms with Crippen LogP contribution in [0.5, 0.6) is 5.75 Å². The zero-order chi connectivity index (χ0) is 20.7. The highest BCUT2D eigenvalue weighted by Gasteiger charge is 2.66. The minimum absolute atomic E-state index is 0.0184. The number of hydrogen-bond acceptors (Lipinski definition) is 4. The molecule has 1 heterocycles. The summed E-state index contributed by atoms with van der Waals surface area (Å²) < 4.78 is 41.2. The van der Waals surface area contributed by atoms with Crippen LogP contribution in [-0.4, -0.2) is 33.9 Å². The van der Waals surface area contributed by atoms with Crippen LogP contribution in [-0.2, 0) is 0 Å². The lowest BCUT2D eigenvalue weighted by Gasteiger charge is -2.45. The average molecular weight is 415 g/mol. The predicted molar refractivity (Wildman–Crippen MR) is 92.8 cm³/mol. The largest absolute Gasteiger partial charge is 0.508 e. The second-order valence-electron chi connectivity index (χ2n) is 6.28. The second-order valence-corrected chi connectivity index (χ2v) is 6.72. The number of rotatable bonds is 3. The summed E-state index contributed by atoms with van der Waals surface area (Å²) >= 11 is 5.75. The molecule has 148 valence electrons. The molecule has 2 aromatic carbocycles. The fourth-order valence-corrected chi connectivity index (χ4v) is 3.25. The first-order valence-electron chi connectivity index (χ1n) is 7.99. The molecule has 3 rings (SSSR count). The van der Waals surface area contributed by atoms with Gasteiger partial charge in [-0.2, -0.15) is 13.2 Å². The third-order valence-electron chi connectivity index (χ3n) is 4.45. The van der Waals surface area contributed by atoms with E-state index in [0.717, 1.165) is 6.07 Å². The van der Waals surface area contributed by atoms with Crippen molar-refractivity contribution in [3.05, 3.63) is 64.7 Å². The van der Waals surface area contributed by atoms with Crippen LogP contribution in [0.25, 0.3) is 0 Å². The zero-order valence-corrected chi connectivity index (χ0v) is 14.8. The lowest BCUT2D eigenvalue weighted by atomic mass is 9.77. The molecule has 4 N–H and O–H groups in total. The lowest BCUT2D eigenvalue weighted by Crippen LogP contribution is -2.72. The summed E-state index contributed by atoms with van der Waals surface area (Å²) in [5.74, 6) is -3.52. The predicted octanol–water partition coefficient (Wildman–Crippen LogP) is 3.15. The van der Waals surface area contributed by atoms with Crippen LogP contribution < -0.4 is 10.6 Å². The van der Waals surface area contributed by atoms with Crippen LogP contribution in [0.3, 0.4) is 0 Å². The van der Waals surface area contributed by atoms with Crippen LogP contribution in [0.4, 0.5) is 18.0 Å². The van der Waals surface area contributed by atoms with Crippen molar-refractivity contribution in [2.24, 2.45) is 5.92 Å². The molecule has 0 spiro atoms. The number of halogens is 4. The molecule has 1 aliphatic heterocycles. The Hall–Kier alpha value is -2.78. The summed E-state index contributed by atoms with van der Waals surface area (Å²) in [5, 5.41) is 24.0. The Balaban J connectivity index is 2.16. The molecule has 6 nitrogen and oxygen atoms in total. The van der Waals surface area contributed by atoms with Gasteiger partial charge in [0.1, 0.15) is 11.7 Å². The Morgan fingerprint density at radius 2 is 1.79 bits per heavy atom. The zero-order valence-electron chi connectivity index (χ0n) is 14.0. The third-order valence-corrected chi connectivity index (χ3v) is 4.70. The van der Waals surface area contributed by atoms with Gasteiger partial charge in [0.15, 0.2) is 5.78 Å². The van der Waals surface area contributed by atoms with E-state index in [4.69, 9.17) is 11.6 Å². The van der Waals surface area contributed by atoms with Crippen LogP contribution in [0.1, 0.15) is 22.0 Å². The number of hydrogen-bond donors (Lipinski definition) is 4. The first-order valence-corrected chi connectivity index (χ1v) is 8.37. The minimum atomic E-state index is -5.35. The maximum atomic E-state index is 13.7. The number of urea groups is 1. The molecule has 0 bridgehead atoms. The monoisotopic (exact) mass is 414 g/mol. The molecule has 1 fully saturated rings. The molecular formula is C18H14ClF3N2O4. The van der Waals surface area contributed by atoms with Gasteiger partial charge in [-0.15, -0.1) is 0 Å². The van der Waals surface area contributed by atoms with E-state index < -0.39 is 35.7 Å². The number of nitrogens with one attached hydrogen (secondary N) is 2. The minimum Gasteiger partial charge on any atom is -0.508 e. The molecule has 1 aliphatic rings. The molecule has 1 saturated heterocycles. The van der Waals surface area contributed by atoms with Crippen molar-refractivity contribution in [2.75, 3.05) is 0 Å². The first kappa shape index (κ1) is 20.0. The van der Waals surface area contributed by atoms with E-state index in [1.54, 1.807) is 0 Å². The maximum Gasteiger partial charge on any atom is 0.437 e. The van der Waals surface area contributed by atoms with Gasteiger partial charge in [-0.05, 0) is 42.0 Å². The number of amides is 2. The number of phenolic OH excluding ortho intramolecular Hbond substituents is 1. The number of phenols is 1. The van der Waals surface area contributed by atoms with E-state index in [-0.39, 0.29) is 21.9 Å². The molecule has 10 heteroatoms. The van der Waals surface area contributed by atoms with Gasteiger partial charge in [0.05, 0.1) is 6.04 Å². The van der Waals surface area contributed by atoms with Crippen molar-refractivity contribution in [3.8, 4) is 5.75 Å². The average Bonchev–Trinajstić information content (AvgIpc) is 2.60. The van der Waals surface area contributed by atoms with Crippen molar-refractivity contribution in [3.63, 3.8) is 0 Å². The van der Waals surface area contributed by atoms with E-state index in [0.29, 0.717) is 0 Å². The summed E-state index contributed by atoms with van der Waals surface area (Å²) in [7, 11) is 0. The Labute approximate surface area is 161 Å².